The molecule has 0 aliphatic heterocycles. The lowest BCUT2D eigenvalue weighted by Crippen LogP contribution is -2.41. The number of carbonyl (C=O) groups excluding carboxylic acids is 1. The van der Waals surface area contributed by atoms with Crippen LogP contribution in [0.4, 0.5) is 0 Å². The minimum absolute atomic E-state index is 0.169. The maximum atomic E-state index is 11.9. The lowest BCUT2D eigenvalue weighted by atomic mass is 9.86. The van der Waals surface area contributed by atoms with Gasteiger partial charge in [-0.2, -0.15) is 0 Å². The summed E-state index contributed by atoms with van der Waals surface area (Å²) in [6.07, 6.45) is 4.95. The molecular weight excluding hydrogens is 242 g/mol. The Morgan fingerprint density at radius 2 is 2.00 bits per heavy atom. The molecular formula is C15H21NOS. The van der Waals surface area contributed by atoms with Crippen LogP contribution in [0.1, 0.15) is 32.6 Å². The topological polar surface area (TPSA) is 29.1 Å². The van der Waals surface area contributed by atoms with Crippen molar-refractivity contribution in [3.63, 3.8) is 0 Å². The minimum Gasteiger partial charge on any atom is -0.352 e. The second kappa shape index (κ2) is 6.83. The van der Waals surface area contributed by atoms with Crippen molar-refractivity contribution in [3.8, 4) is 0 Å². The van der Waals surface area contributed by atoms with E-state index in [-0.39, 0.29) is 5.91 Å². The summed E-state index contributed by atoms with van der Waals surface area (Å²) < 4.78 is 0. The van der Waals surface area contributed by atoms with Gasteiger partial charge in [0.1, 0.15) is 0 Å². The van der Waals surface area contributed by atoms with Gasteiger partial charge < -0.3 is 5.32 Å². The van der Waals surface area contributed by atoms with E-state index < -0.39 is 0 Å². The molecule has 0 bridgehead atoms. The van der Waals surface area contributed by atoms with Crippen molar-refractivity contribution in [2.24, 2.45) is 5.92 Å². The number of carbonyl (C=O) groups is 1. The summed E-state index contributed by atoms with van der Waals surface area (Å²) in [5.74, 6) is 1.32. The number of hydrogen-bond donors (Lipinski definition) is 1. The highest BCUT2D eigenvalue weighted by atomic mass is 32.2. The van der Waals surface area contributed by atoms with Gasteiger partial charge >= 0.3 is 0 Å². The predicted molar refractivity (Wildman–Crippen MR) is 76.7 cm³/mol. The molecule has 1 aliphatic rings. The Bertz CT molecular complexity index is 379. The summed E-state index contributed by atoms with van der Waals surface area (Å²) in [5.41, 5.74) is 0. The van der Waals surface area contributed by atoms with Crippen LogP contribution in [0, 0.1) is 5.92 Å². The van der Waals surface area contributed by atoms with Gasteiger partial charge in [-0.25, -0.2) is 0 Å². The molecule has 2 nitrogen and oxygen atoms in total. The third kappa shape index (κ3) is 4.05. The van der Waals surface area contributed by atoms with Crippen LogP contribution in [0.3, 0.4) is 0 Å². The van der Waals surface area contributed by atoms with E-state index in [2.05, 4.69) is 12.2 Å². The summed E-state index contributed by atoms with van der Waals surface area (Å²) in [7, 11) is 0. The molecule has 1 N–H and O–H groups in total. The molecule has 2 atom stereocenters. The molecule has 0 saturated heterocycles. The van der Waals surface area contributed by atoms with Crippen LogP contribution in [0.2, 0.25) is 0 Å². The lowest BCUT2D eigenvalue weighted by Gasteiger charge is -2.29. The van der Waals surface area contributed by atoms with Crippen LogP contribution in [0.15, 0.2) is 35.2 Å². The maximum absolute atomic E-state index is 11.9. The molecule has 1 aromatic carbocycles. The van der Waals surface area contributed by atoms with E-state index in [0.717, 1.165) is 11.3 Å². The van der Waals surface area contributed by atoms with Crippen molar-refractivity contribution in [2.75, 3.05) is 5.75 Å². The van der Waals surface area contributed by atoms with E-state index in [1.807, 2.05) is 30.3 Å². The van der Waals surface area contributed by atoms with Gasteiger partial charge in [0.05, 0.1) is 5.75 Å². The van der Waals surface area contributed by atoms with Crippen LogP contribution in [0.25, 0.3) is 0 Å². The molecule has 1 amide bonds. The summed E-state index contributed by atoms with van der Waals surface area (Å²) in [6.45, 7) is 2.24. The van der Waals surface area contributed by atoms with Gasteiger partial charge in [0.2, 0.25) is 5.91 Å². The first-order valence-electron chi connectivity index (χ1n) is 6.73. The van der Waals surface area contributed by atoms with Crippen molar-refractivity contribution in [1.82, 2.24) is 5.32 Å². The first kappa shape index (κ1) is 13.5. The predicted octanol–water partition coefficient (Wildman–Crippen LogP) is 3.47. The average molecular weight is 263 g/mol. The molecule has 2 rings (SSSR count). The number of thioether (sulfide) groups is 1. The van der Waals surface area contributed by atoms with E-state index in [1.54, 1.807) is 11.8 Å². The molecule has 1 aliphatic carbocycles. The fourth-order valence-corrected chi connectivity index (χ4v) is 3.18. The van der Waals surface area contributed by atoms with E-state index in [0.29, 0.717) is 17.7 Å². The average Bonchev–Trinajstić information content (AvgIpc) is 2.40. The van der Waals surface area contributed by atoms with Gasteiger partial charge in [-0.05, 0) is 30.9 Å². The summed E-state index contributed by atoms with van der Waals surface area (Å²) in [4.78, 5) is 13.1. The zero-order chi connectivity index (χ0) is 12.8. The van der Waals surface area contributed by atoms with Crippen LogP contribution < -0.4 is 5.32 Å². The fourth-order valence-electron chi connectivity index (χ4n) is 2.44. The van der Waals surface area contributed by atoms with Crippen molar-refractivity contribution < 1.29 is 4.79 Å². The molecule has 1 fully saturated rings. The minimum atomic E-state index is 0.169. The van der Waals surface area contributed by atoms with Gasteiger partial charge in [-0.1, -0.05) is 38.0 Å². The van der Waals surface area contributed by atoms with Gasteiger partial charge in [-0.15, -0.1) is 11.8 Å². The standard InChI is InChI=1S/C15H21NOS/c1-12-7-5-6-10-14(12)16-15(17)11-18-13-8-3-2-4-9-13/h2-4,8-9,12,14H,5-7,10-11H2,1H3,(H,16,17)/t12-,14+/m0/s1. The number of amides is 1. The molecule has 0 heterocycles. The van der Waals surface area contributed by atoms with E-state index >= 15 is 0 Å². The molecule has 98 valence electrons. The molecule has 0 spiro atoms. The van der Waals surface area contributed by atoms with Crippen LogP contribution in [0.5, 0.6) is 0 Å². The largest absolute Gasteiger partial charge is 0.352 e. The Kier molecular flexibility index (Phi) is 5.12. The summed E-state index contributed by atoms with van der Waals surface area (Å²) >= 11 is 1.61. The highest BCUT2D eigenvalue weighted by Gasteiger charge is 2.22. The third-order valence-electron chi connectivity index (χ3n) is 3.57. The quantitative estimate of drug-likeness (QED) is 0.843. The SMILES string of the molecule is C[C@H]1CCCC[C@H]1NC(=O)CSc1ccccc1. The van der Waals surface area contributed by atoms with Crippen molar-refractivity contribution in [3.05, 3.63) is 30.3 Å². The molecule has 1 saturated carbocycles. The van der Waals surface area contributed by atoms with Gasteiger partial charge in [0.15, 0.2) is 0 Å². The second-order valence-corrected chi connectivity index (χ2v) is 6.09. The molecule has 0 aromatic heterocycles. The van der Waals surface area contributed by atoms with Gasteiger partial charge in [-0.3, -0.25) is 4.79 Å². The molecule has 0 unspecified atom stereocenters. The number of rotatable bonds is 4. The van der Waals surface area contributed by atoms with Crippen LogP contribution >= 0.6 is 11.8 Å². The number of benzene rings is 1. The lowest BCUT2D eigenvalue weighted by molar-refractivity contribution is -0.119. The Labute approximate surface area is 114 Å². The molecule has 18 heavy (non-hydrogen) atoms. The Morgan fingerprint density at radius 3 is 2.72 bits per heavy atom. The first-order valence-corrected chi connectivity index (χ1v) is 7.71. The Balaban J connectivity index is 1.75. The highest BCUT2D eigenvalue weighted by Crippen LogP contribution is 2.24. The molecule has 1 aromatic rings. The number of hydrogen-bond acceptors (Lipinski definition) is 2. The smallest absolute Gasteiger partial charge is 0.230 e. The van der Waals surface area contributed by atoms with Gasteiger partial charge in [0.25, 0.3) is 0 Å². The zero-order valence-corrected chi connectivity index (χ0v) is 11.7. The van der Waals surface area contributed by atoms with Crippen molar-refractivity contribution in [1.29, 1.82) is 0 Å². The second-order valence-electron chi connectivity index (χ2n) is 5.04. The van der Waals surface area contributed by atoms with Crippen LogP contribution in [-0.2, 0) is 4.79 Å². The highest BCUT2D eigenvalue weighted by molar-refractivity contribution is 8.00. The monoisotopic (exact) mass is 263 g/mol. The van der Waals surface area contributed by atoms with Crippen molar-refractivity contribution in [2.45, 2.75) is 43.5 Å². The third-order valence-corrected chi connectivity index (χ3v) is 4.58. The fraction of sp³-hybridized carbons (Fsp3) is 0.533. The first-order chi connectivity index (χ1) is 8.75. The van der Waals surface area contributed by atoms with Gasteiger partial charge in [0, 0.05) is 10.9 Å². The van der Waals surface area contributed by atoms with E-state index in [4.69, 9.17) is 0 Å². The van der Waals surface area contributed by atoms with E-state index in [9.17, 15) is 4.79 Å². The molecule has 0 radical (unpaired) electrons. The summed E-state index contributed by atoms with van der Waals surface area (Å²) in [6, 6.07) is 10.5. The number of nitrogens with one attached hydrogen (secondary N) is 1. The van der Waals surface area contributed by atoms with Crippen LogP contribution in [-0.4, -0.2) is 17.7 Å². The summed E-state index contributed by atoms with van der Waals surface area (Å²) in [5, 5.41) is 3.18. The Hall–Kier alpha value is -0.960. The molecule has 3 heteroatoms. The van der Waals surface area contributed by atoms with Crippen molar-refractivity contribution >= 4 is 17.7 Å². The Morgan fingerprint density at radius 1 is 1.28 bits per heavy atom. The zero-order valence-electron chi connectivity index (χ0n) is 10.9. The normalized spacial score (nSPS) is 23.6. The van der Waals surface area contributed by atoms with E-state index in [1.165, 1.54) is 19.3 Å². The maximum Gasteiger partial charge on any atom is 0.230 e.